The van der Waals surface area contributed by atoms with Crippen molar-refractivity contribution >= 4 is 5.91 Å². The van der Waals surface area contributed by atoms with E-state index in [2.05, 4.69) is 17.3 Å². The van der Waals surface area contributed by atoms with Crippen LogP contribution in [-0.4, -0.2) is 22.5 Å². The Morgan fingerprint density at radius 3 is 2.83 bits per heavy atom. The first-order valence-electron chi connectivity index (χ1n) is 6.12. The van der Waals surface area contributed by atoms with Crippen LogP contribution >= 0.6 is 0 Å². The van der Waals surface area contributed by atoms with Crippen molar-refractivity contribution in [3.63, 3.8) is 0 Å². The normalized spacial score (nSPS) is 19.1. The number of carbonyl (C=O) groups is 1. The summed E-state index contributed by atoms with van der Waals surface area (Å²) in [5.41, 5.74) is 1.57. The van der Waals surface area contributed by atoms with Gasteiger partial charge in [-0.2, -0.15) is 0 Å². The molecule has 0 unspecified atom stereocenters. The zero-order valence-corrected chi connectivity index (χ0v) is 9.95. The molecule has 0 aliphatic carbocycles. The van der Waals surface area contributed by atoms with Gasteiger partial charge in [0.1, 0.15) is 6.26 Å². The predicted octanol–water partition coefficient (Wildman–Crippen LogP) is 2.65. The topological polar surface area (TPSA) is 46.3 Å². The molecular formula is C14H14N2O2. The smallest absolute Gasteiger partial charge is 0.276 e. The molecule has 2 heterocycles. The molecule has 0 saturated carbocycles. The Labute approximate surface area is 105 Å². The summed E-state index contributed by atoms with van der Waals surface area (Å²) in [4.78, 5) is 14.2. The average molecular weight is 242 g/mol. The lowest BCUT2D eigenvalue weighted by atomic mass is 10.0. The number of hydrogen-bond acceptors (Lipinski definition) is 3. The van der Waals surface area contributed by atoms with E-state index >= 15 is 0 Å². The molecule has 1 aliphatic heterocycles. The lowest BCUT2D eigenvalue weighted by molar-refractivity contribution is 0.0725. The van der Waals surface area contributed by atoms with Crippen molar-refractivity contribution in [2.45, 2.75) is 18.9 Å². The molecule has 1 aromatic heterocycles. The predicted molar refractivity (Wildman–Crippen MR) is 66.0 cm³/mol. The Hall–Kier alpha value is -2.10. The van der Waals surface area contributed by atoms with Gasteiger partial charge in [0.15, 0.2) is 5.69 Å². The molecule has 92 valence electrons. The summed E-state index contributed by atoms with van der Waals surface area (Å²) in [6.45, 7) is 0.783. The van der Waals surface area contributed by atoms with E-state index in [1.54, 1.807) is 6.07 Å². The van der Waals surface area contributed by atoms with Gasteiger partial charge in [0.25, 0.3) is 5.91 Å². The Balaban J connectivity index is 1.86. The molecule has 4 nitrogen and oxygen atoms in total. The zero-order chi connectivity index (χ0) is 12.4. The minimum Gasteiger partial charge on any atom is -0.364 e. The summed E-state index contributed by atoms with van der Waals surface area (Å²) >= 11 is 0. The maximum atomic E-state index is 12.3. The van der Waals surface area contributed by atoms with Gasteiger partial charge < -0.3 is 9.42 Å². The minimum atomic E-state index is -0.0462. The molecule has 2 aromatic rings. The van der Waals surface area contributed by atoms with E-state index in [0.717, 1.165) is 19.4 Å². The molecule has 1 saturated heterocycles. The number of rotatable bonds is 2. The van der Waals surface area contributed by atoms with Crippen molar-refractivity contribution in [2.24, 2.45) is 0 Å². The monoisotopic (exact) mass is 242 g/mol. The highest BCUT2D eigenvalue weighted by molar-refractivity contribution is 5.92. The second kappa shape index (κ2) is 4.64. The van der Waals surface area contributed by atoms with Crippen LogP contribution in [0.1, 0.15) is 34.9 Å². The maximum Gasteiger partial charge on any atom is 0.276 e. The number of amides is 1. The van der Waals surface area contributed by atoms with Gasteiger partial charge in [0, 0.05) is 12.6 Å². The second-order valence-electron chi connectivity index (χ2n) is 4.45. The van der Waals surface area contributed by atoms with Crippen LogP contribution in [0.3, 0.4) is 0 Å². The quantitative estimate of drug-likeness (QED) is 0.813. The molecule has 18 heavy (non-hydrogen) atoms. The average Bonchev–Trinajstić information content (AvgIpc) is 3.10. The Kier molecular flexibility index (Phi) is 2.84. The molecule has 3 rings (SSSR count). The van der Waals surface area contributed by atoms with Gasteiger partial charge in [-0.15, -0.1) is 0 Å². The number of nitrogens with zero attached hydrogens (tertiary/aromatic N) is 2. The van der Waals surface area contributed by atoms with Crippen LogP contribution in [0.15, 0.2) is 47.2 Å². The number of benzene rings is 1. The number of likely N-dealkylation sites (tertiary alicyclic amines) is 1. The summed E-state index contributed by atoms with van der Waals surface area (Å²) in [5.74, 6) is -0.0462. The van der Waals surface area contributed by atoms with Crippen molar-refractivity contribution < 1.29 is 9.32 Å². The van der Waals surface area contributed by atoms with E-state index in [0.29, 0.717) is 5.69 Å². The third-order valence-corrected chi connectivity index (χ3v) is 3.35. The molecule has 1 atom stereocenters. The summed E-state index contributed by atoms with van der Waals surface area (Å²) in [6, 6.07) is 11.9. The van der Waals surface area contributed by atoms with Gasteiger partial charge in [-0.1, -0.05) is 35.5 Å². The van der Waals surface area contributed by atoms with Crippen LogP contribution in [0.5, 0.6) is 0 Å². The Morgan fingerprint density at radius 2 is 2.11 bits per heavy atom. The van der Waals surface area contributed by atoms with Crippen LogP contribution in [0.4, 0.5) is 0 Å². The van der Waals surface area contributed by atoms with Gasteiger partial charge in [0.05, 0.1) is 6.04 Å². The molecule has 1 aliphatic rings. The largest absolute Gasteiger partial charge is 0.364 e. The first-order chi connectivity index (χ1) is 8.86. The standard InChI is InChI=1S/C14H14N2O2/c17-14(12-8-10-18-15-12)16-9-4-7-13(16)11-5-2-1-3-6-11/h1-3,5-6,8,10,13H,4,7,9H2/t13-/m0/s1. The first-order valence-corrected chi connectivity index (χ1v) is 6.12. The van der Waals surface area contributed by atoms with E-state index < -0.39 is 0 Å². The maximum absolute atomic E-state index is 12.3. The number of hydrogen-bond donors (Lipinski definition) is 0. The SMILES string of the molecule is O=C(c1ccon1)N1CCC[C@H]1c1ccccc1. The van der Waals surface area contributed by atoms with Crippen LogP contribution in [0, 0.1) is 0 Å². The molecule has 1 amide bonds. The van der Waals surface area contributed by atoms with Crippen molar-refractivity contribution in [1.29, 1.82) is 0 Å². The molecule has 0 radical (unpaired) electrons. The van der Waals surface area contributed by atoms with E-state index in [1.165, 1.54) is 11.8 Å². The van der Waals surface area contributed by atoms with E-state index in [-0.39, 0.29) is 11.9 Å². The van der Waals surface area contributed by atoms with Gasteiger partial charge in [-0.25, -0.2) is 0 Å². The Bertz CT molecular complexity index is 522. The highest BCUT2D eigenvalue weighted by Crippen LogP contribution is 2.32. The molecular weight excluding hydrogens is 228 g/mol. The molecule has 0 N–H and O–H groups in total. The third-order valence-electron chi connectivity index (χ3n) is 3.35. The fraction of sp³-hybridized carbons (Fsp3) is 0.286. The molecule has 4 heteroatoms. The van der Waals surface area contributed by atoms with Crippen LogP contribution in [-0.2, 0) is 0 Å². The molecule has 1 aromatic carbocycles. The molecule has 0 spiro atoms. The van der Waals surface area contributed by atoms with Gasteiger partial charge in [-0.3, -0.25) is 4.79 Å². The fourth-order valence-electron chi connectivity index (χ4n) is 2.50. The van der Waals surface area contributed by atoms with Gasteiger partial charge >= 0.3 is 0 Å². The summed E-state index contributed by atoms with van der Waals surface area (Å²) < 4.78 is 4.74. The highest BCUT2D eigenvalue weighted by atomic mass is 16.5. The van der Waals surface area contributed by atoms with Crippen molar-refractivity contribution in [2.75, 3.05) is 6.54 Å². The second-order valence-corrected chi connectivity index (χ2v) is 4.45. The van der Waals surface area contributed by atoms with Gasteiger partial charge in [0.2, 0.25) is 0 Å². The number of aromatic nitrogens is 1. The van der Waals surface area contributed by atoms with Crippen molar-refractivity contribution in [3.8, 4) is 0 Å². The van der Waals surface area contributed by atoms with E-state index in [4.69, 9.17) is 4.52 Å². The van der Waals surface area contributed by atoms with Crippen molar-refractivity contribution in [1.82, 2.24) is 10.1 Å². The summed E-state index contributed by atoms with van der Waals surface area (Å²) in [7, 11) is 0. The van der Waals surface area contributed by atoms with Crippen LogP contribution < -0.4 is 0 Å². The van der Waals surface area contributed by atoms with E-state index in [9.17, 15) is 4.79 Å². The van der Waals surface area contributed by atoms with Crippen LogP contribution in [0.25, 0.3) is 0 Å². The number of carbonyl (C=O) groups excluding carboxylic acids is 1. The van der Waals surface area contributed by atoms with Gasteiger partial charge in [-0.05, 0) is 18.4 Å². The molecule has 0 bridgehead atoms. The first kappa shape index (κ1) is 11.0. The lowest BCUT2D eigenvalue weighted by Crippen LogP contribution is -2.30. The summed E-state index contributed by atoms with van der Waals surface area (Å²) in [5, 5.41) is 3.72. The zero-order valence-electron chi connectivity index (χ0n) is 9.95. The molecule has 1 fully saturated rings. The Morgan fingerprint density at radius 1 is 1.28 bits per heavy atom. The third kappa shape index (κ3) is 1.90. The fourth-order valence-corrected chi connectivity index (χ4v) is 2.50. The highest BCUT2D eigenvalue weighted by Gasteiger charge is 2.31. The lowest BCUT2D eigenvalue weighted by Gasteiger charge is -2.24. The van der Waals surface area contributed by atoms with E-state index in [1.807, 2.05) is 23.1 Å². The minimum absolute atomic E-state index is 0.0462. The van der Waals surface area contributed by atoms with Crippen molar-refractivity contribution in [3.05, 3.63) is 53.9 Å². The summed E-state index contributed by atoms with van der Waals surface area (Å²) in [6.07, 6.45) is 3.47. The van der Waals surface area contributed by atoms with Crippen LogP contribution in [0.2, 0.25) is 0 Å².